The van der Waals surface area contributed by atoms with E-state index in [2.05, 4.69) is 30.3 Å². The lowest BCUT2D eigenvalue weighted by Gasteiger charge is -2.01. The highest BCUT2D eigenvalue weighted by Gasteiger charge is 2.13. The fraction of sp³-hybridized carbons (Fsp3) is 0. The molecular formula is C13H9F2N7. The Morgan fingerprint density at radius 3 is 2.95 bits per heavy atom. The van der Waals surface area contributed by atoms with E-state index < -0.39 is 11.6 Å². The normalized spacial score (nSPS) is 12.4. The molecule has 2 heterocycles. The van der Waals surface area contributed by atoms with E-state index in [-0.39, 0.29) is 11.5 Å². The van der Waals surface area contributed by atoms with Crippen LogP contribution in [0.5, 0.6) is 0 Å². The van der Waals surface area contributed by atoms with Crippen LogP contribution in [0.15, 0.2) is 52.3 Å². The molecule has 0 fully saturated rings. The van der Waals surface area contributed by atoms with E-state index >= 15 is 0 Å². The summed E-state index contributed by atoms with van der Waals surface area (Å²) in [5.41, 5.74) is 0.798. The second-order valence-corrected chi connectivity index (χ2v) is 4.21. The highest BCUT2D eigenvalue weighted by atomic mass is 19.2. The van der Waals surface area contributed by atoms with Crippen molar-refractivity contribution >= 4 is 22.6 Å². The van der Waals surface area contributed by atoms with Gasteiger partial charge in [-0.15, -0.1) is 5.11 Å². The van der Waals surface area contributed by atoms with Crippen LogP contribution < -0.4 is 5.84 Å². The van der Waals surface area contributed by atoms with Gasteiger partial charge >= 0.3 is 0 Å². The summed E-state index contributed by atoms with van der Waals surface area (Å²) < 4.78 is 27.0. The molecule has 0 aliphatic heterocycles. The van der Waals surface area contributed by atoms with Crippen molar-refractivity contribution in [2.75, 3.05) is 0 Å². The number of nitrogens with zero attached hydrogens (tertiary/aromatic N) is 5. The molecule has 0 radical (unpaired) electrons. The van der Waals surface area contributed by atoms with Crippen LogP contribution in [0.25, 0.3) is 11.0 Å². The maximum Gasteiger partial charge on any atom is 0.186 e. The van der Waals surface area contributed by atoms with Gasteiger partial charge in [-0.1, -0.05) is 11.3 Å². The predicted molar refractivity (Wildman–Crippen MR) is 75.5 cm³/mol. The SMILES string of the molecule is NN=NC(=Nc1cccc(F)c1F)c1c[nH]c2ncncc12. The molecule has 0 spiro atoms. The summed E-state index contributed by atoms with van der Waals surface area (Å²) in [6.07, 6.45) is 4.47. The summed E-state index contributed by atoms with van der Waals surface area (Å²) in [5, 5.41) is 7.44. The number of aliphatic imine (C=N–C) groups is 1. The first kappa shape index (κ1) is 13.7. The molecule has 2 aromatic heterocycles. The third-order valence-corrected chi connectivity index (χ3v) is 2.91. The second-order valence-electron chi connectivity index (χ2n) is 4.21. The van der Waals surface area contributed by atoms with Gasteiger partial charge < -0.3 is 10.8 Å². The Morgan fingerprint density at radius 2 is 2.14 bits per heavy atom. The van der Waals surface area contributed by atoms with Gasteiger partial charge in [0.05, 0.1) is 0 Å². The molecule has 3 aromatic rings. The molecular weight excluding hydrogens is 292 g/mol. The maximum absolute atomic E-state index is 13.7. The molecule has 0 saturated carbocycles. The third kappa shape index (κ3) is 2.39. The van der Waals surface area contributed by atoms with Gasteiger partial charge in [0.15, 0.2) is 17.5 Å². The first-order valence-corrected chi connectivity index (χ1v) is 6.12. The topological polar surface area (TPSA) is 105 Å². The van der Waals surface area contributed by atoms with Crippen LogP contribution in [0.1, 0.15) is 5.56 Å². The quantitative estimate of drug-likeness (QED) is 0.250. The van der Waals surface area contributed by atoms with Crippen LogP contribution in [0.2, 0.25) is 0 Å². The highest BCUT2D eigenvalue weighted by molar-refractivity contribution is 6.09. The Kier molecular flexibility index (Phi) is 3.52. The van der Waals surface area contributed by atoms with Crippen molar-refractivity contribution in [3.63, 3.8) is 0 Å². The van der Waals surface area contributed by atoms with Crippen molar-refractivity contribution in [1.29, 1.82) is 0 Å². The standard InChI is InChI=1S/C13H9F2N7/c14-9-2-1-3-10(11(9)15)20-13(21-22-16)8-5-18-12-7(8)4-17-6-19-12/h1-6H,(H2,16,20,21)(H,17,18,19). The lowest BCUT2D eigenvalue weighted by molar-refractivity contribution is 0.510. The molecule has 22 heavy (non-hydrogen) atoms. The van der Waals surface area contributed by atoms with Gasteiger partial charge in [0.1, 0.15) is 17.7 Å². The fourth-order valence-corrected chi connectivity index (χ4v) is 1.93. The summed E-state index contributed by atoms with van der Waals surface area (Å²) in [7, 11) is 0. The van der Waals surface area contributed by atoms with E-state index in [0.717, 1.165) is 6.07 Å². The number of benzene rings is 1. The molecule has 110 valence electrons. The first-order chi connectivity index (χ1) is 10.7. The summed E-state index contributed by atoms with van der Waals surface area (Å²) in [4.78, 5) is 14.8. The molecule has 0 atom stereocenters. The van der Waals surface area contributed by atoms with Crippen LogP contribution in [0, 0.1) is 11.6 Å². The van der Waals surface area contributed by atoms with Gasteiger partial charge in [-0.2, -0.15) is 0 Å². The number of nitrogens with one attached hydrogen (secondary N) is 1. The van der Waals surface area contributed by atoms with E-state index in [1.165, 1.54) is 24.7 Å². The zero-order valence-electron chi connectivity index (χ0n) is 11.0. The average Bonchev–Trinajstić information content (AvgIpc) is 2.95. The molecule has 3 N–H and O–H groups in total. The van der Waals surface area contributed by atoms with Crippen molar-refractivity contribution in [2.24, 2.45) is 21.2 Å². The number of aromatic nitrogens is 3. The van der Waals surface area contributed by atoms with E-state index in [9.17, 15) is 8.78 Å². The minimum atomic E-state index is -1.08. The van der Waals surface area contributed by atoms with E-state index in [1.54, 1.807) is 6.20 Å². The fourth-order valence-electron chi connectivity index (χ4n) is 1.93. The second kappa shape index (κ2) is 5.64. The summed E-state index contributed by atoms with van der Waals surface area (Å²) >= 11 is 0. The lowest BCUT2D eigenvalue weighted by atomic mass is 10.2. The summed E-state index contributed by atoms with van der Waals surface area (Å²) in [6, 6.07) is 3.65. The van der Waals surface area contributed by atoms with Crippen molar-refractivity contribution in [3.05, 3.63) is 54.1 Å². The molecule has 0 bridgehead atoms. The highest BCUT2D eigenvalue weighted by Crippen LogP contribution is 2.23. The van der Waals surface area contributed by atoms with Gasteiger partial charge in [-0.3, -0.25) is 0 Å². The summed E-state index contributed by atoms with van der Waals surface area (Å²) in [6.45, 7) is 0. The number of fused-ring (bicyclic) bond motifs is 1. The van der Waals surface area contributed by atoms with Gasteiger partial charge in [-0.25, -0.2) is 23.7 Å². The molecule has 7 nitrogen and oxygen atoms in total. The minimum absolute atomic E-state index is 0.00745. The van der Waals surface area contributed by atoms with Crippen molar-refractivity contribution < 1.29 is 8.78 Å². The largest absolute Gasteiger partial charge is 0.345 e. The number of nitrogens with two attached hydrogens (primary N) is 1. The number of aromatic amines is 1. The van der Waals surface area contributed by atoms with Gasteiger partial charge in [0.25, 0.3) is 0 Å². The van der Waals surface area contributed by atoms with E-state index in [0.29, 0.717) is 16.6 Å². The molecule has 3 rings (SSSR count). The van der Waals surface area contributed by atoms with Crippen LogP contribution in [-0.4, -0.2) is 20.8 Å². The molecule has 0 unspecified atom stereocenters. The van der Waals surface area contributed by atoms with Crippen molar-refractivity contribution in [1.82, 2.24) is 15.0 Å². The minimum Gasteiger partial charge on any atom is -0.345 e. The number of halogens is 2. The lowest BCUT2D eigenvalue weighted by Crippen LogP contribution is -1.98. The first-order valence-electron chi connectivity index (χ1n) is 6.12. The predicted octanol–water partition coefficient (Wildman–Crippen LogP) is 2.64. The van der Waals surface area contributed by atoms with E-state index in [1.807, 2.05) is 0 Å². The van der Waals surface area contributed by atoms with Gasteiger partial charge in [-0.05, 0) is 12.1 Å². The molecule has 1 aromatic carbocycles. The molecule has 0 amide bonds. The van der Waals surface area contributed by atoms with Crippen LogP contribution in [-0.2, 0) is 0 Å². The monoisotopic (exact) mass is 301 g/mol. The Hall–Kier alpha value is -3.23. The zero-order chi connectivity index (χ0) is 15.5. The molecule has 0 aliphatic carbocycles. The summed E-state index contributed by atoms with van der Waals surface area (Å²) in [5.74, 6) is 2.99. The Bertz CT molecular complexity index is 885. The van der Waals surface area contributed by atoms with Crippen molar-refractivity contribution in [3.8, 4) is 0 Å². The number of rotatable bonds is 2. The number of H-pyrrole nitrogens is 1. The Labute approximate surface area is 122 Å². The van der Waals surface area contributed by atoms with Gasteiger partial charge in [0.2, 0.25) is 0 Å². The molecule has 9 heteroatoms. The third-order valence-electron chi connectivity index (χ3n) is 2.91. The van der Waals surface area contributed by atoms with E-state index in [4.69, 9.17) is 5.84 Å². The number of hydrogen-bond acceptors (Lipinski definition) is 4. The number of amidine groups is 1. The average molecular weight is 301 g/mol. The zero-order valence-corrected chi connectivity index (χ0v) is 11.0. The van der Waals surface area contributed by atoms with Crippen LogP contribution >= 0.6 is 0 Å². The number of hydrogen-bond donors (Lipinski definition) is 2. The Balaban J connectivity index is 2.18. The molecule has 0 aliphatic rings. The maximum atomic E-state index is 13.7. The molecule has 0 saturated heterocycles. The van der Waals surface area contributed by atoms with Crippen LogP contribution in [0.3, 0.4) is 0 Å². The van der Waals surface area contributed by atoms with Crippen LogP contribution in [0.4, 0.5) is 14.5 Å². The van der Waals surface area contributed by atoms with Crippen molar-refractivity contribution in [2.45, 2.75) is 0 Å². The Morgan fingerprint density at radius 1 is 1.27 bits per heavy atom. The van der Waals surface area contributed by atoms with Gasteiger partial charge in [0, 0.05) is 23.3 Å². The smallest absolute Gasteiger partial charge is 0.186 e.